The highest BCUT2D eigenvalue weighted by molar-refractivity contribution is 5.75. The van der Waals surface area contributed by atoms with E-state index in [1.807, 2.05) is 27.7 Å². The molecule has 0 spiro atoms. The average molecular weight is 218 g/mol. The van der Waals surface area contributed by atoms with Crippen molar-refractivity contribution in [3.8, 4) is 0 Å². The van der Waals surface area contributed by atoms with Crippen LogP contribution in [0.1, 0.15) is 40.5 Å². The third kappa shape index (κ3) is 7.52. The van der Waals surface area contributed by atoms with Gasteiger partial charge in [-0.2, -0.15) is 0 Å². The number of hydrogen-bond donors (Lipinski definition) is 0. The first-order valence-electron chi connectivity index (χ1n) is 4.90. The molecular formula is C10H23AlO3. The molecule has 2 atom stereocenters. The Bertz CT molecular complexity index is 129. The molecule has 0 fully saturated rings. The highest BCUT2D eigenvalue weighted by atomic mass is 27.0. The molecule has 0 N–H and O–H groups in total. The lowest BCUT2D eigenvalue weighted by atomic mass is 10.3. The minimum Gasteiger partial charge on any atom is -0.343 e. The van der Waals surface area contributed by atoms with E-state index in [0.29, 0.717) is 6.29 Å². The fourth-order valence-electron chi connectivity index (χ4n) is 0.747. The number of ether oxygens (including phenoxy) is 2. The van der Waals surface area contributed by atoms with Gasteiger partial charge in [0.25, 0.3) is 0 Å². The first-order chi connectivity index (χ1) is 6.13. The maximum absolute atomic E-state index is 10.6. The van der Waals surface area contributed by atoms with E-state index in [2.05, 4.69) is 0 Å². The van der Waals surface area contributed by atoms with Crippen molar-refractivity contribution in [2.75, 3.05) is 0 Å². The van der Waals surface area contributed by atoms with Crippen LogP contribution in [0.2, 0.25) is 0 Å². The van der Waals surface area contributed by atoms with E-state index < -0.39 is 6.29 Å². The molecule has 0 bridgehead atoms. The Kier molecular flexibility index (Phi) is 11.4. The summed E-state index contributed by atoms with van der Waals surface area (Å²) in [7, 11) is 0. The lowest BCUT2D eigenvalue weighted by molar-refractivity contribution is -0.184. The van der Waals surface area contributed by atoms with Crippen LogP contribution in [0.25, 0.3) is 0 Å². The smallest absolute Gasteiger partial charge is 0.215 e. The minimum atomic E-state index is -0.704. The molecule has 0 aliphatic carbocycles. The standard InChI is InChI=1S/C10H20O3.Al.3H/c1-5-8(3)12-10(7-11)13-9(4)6-2;;;;/h7-10H,5-6H2,1-4H3;;;;. The molecule has 3 nitrogen and oxygen atoms in total. The van der Waals surface area contributed by atoms with Gasteiger partial charge in [0.15, 0.2) is 23.6 Å². The van der Waals surface area contributed by atoms with E-state index in [0.717, 1.165) is 12.8 Å². The van der Waals surface area contributed by atoms with Crippen molar-refractivity contribution in [1.29, 1.82) is 0 Å². The van der Waals surface area contributed by atoms with Crippen molar-refractivity contribution in [2.24, 2.45) is 0 Å². The van der Waals surface area contributed by atoms with Gasteiger partial charge >= 0.3 is 0 Å². The first-order valence-corrected chi connectivity index (χ1v) is 4.90. The largest absolute Gasteiger partial charge is 0.343 e. The molecule has 0 amide bonds. The van der Waals surface area contributed by atoms with Gasteiger partial charge in [0.05, 0.1) is 12.2 Å². The van der Waals surface area contributed by atoms with E-state index in [4.69, 9.17) is 9.47 Å². The lowest BCUT2D eigenvalue weighted by Gasteiger charge is -2.20. The zero-order chi connectivity index (χ0) is 10.3. The predicted molar refractivity (Wildman–Crippen MR) is 61.5 cm³/mol. The summed E-state index contributed by atoms with van der Waals surface area (Å²) in [6, 6.07) is 0. The molecule has 4 heteroatoms. The van der Waals surface area contributed by atoms with Crippen LogP contribution in [-0.2, 0) is 14.3 Å². The van der Waals surface area contributed by atoms with Crippen LogP contribution in [0, 0.1) is 0 Å². The summed E-state index contributed by atoms with van der Waals surface area (Å²) in [4.78, 5) is 10.6. The van der Waals surface area contributed by atoms with Crippen LogP contribution < -0.4 is 0 Å². The van der Waals surface area contributed by atoms with Gasteiger partial charge in [-0.05, 0) is 26.7 Å². The zero-order valence-electron chi connectivity index (χ0n) is 8.95. The SMILES string of the molecule is CCC(C)OC(C=O)OC(C)CC.[AlH3]. The number of hydrogen-bond acceptors (Lipinski definition) is 3. The van der Waals surface area contributed by atoms with Crippen molar-refractivity contribution < 1.29 is 14.3 Å². The number of rotatable bonds is 7. The molecule has 0 rings (SSSR count). The van der Waals surface area contributed by atoms with Crippen LogP contribution in [0.3, 0.4) is 0 Å². The first kappa shape index (κ1) is 16.5. The fourth-order valence-corrected chi connectivity index (χ4v) is 0.747. The summed E-state index contributed by atoms with van der Waals surface area (Å²) in [5, 5.41) is 0. The molecule has 0 saturated carbocycles. The Morgan fingerprint density at radius 3 is 1.64 bits per heavy atom. The Morgan fingerprint density at radius 2 is 1.43 bits per heavy atom. The third-order valence-corrected chi connectivity index (χ3v) is 1.99. The Morgan fingerprint density at radius 1 is 1.07 bits per heavy atom. The molecular weight excluding hydrogens is 195 g/mol. The summed E-state index contributed by atoms with van der Waals surface area (Å²) in [6.45, 7) is 7.87. The molecule has 0 aromatic heterocycles. The number of aldehydes is 1. The van der Waals surface area contributed by atoms with Crippen molar-refractivity contribution in [1.82, 2.24) is 0 Å². The summed E-state index contributed by atoms with van der Waals surface area (Å²) in [6.07, 6.45) is 1.91. The van der Waals surface area contributed by atoms with Crippen molar-refractivity contribution in [2.45, 2.75) is 59.0 Å². The normalized spacial score (nSPS) is 16.6. The van der Waals surface area contributed by atoms with Crippen molar-refractivity contribution in [3.63, 3.8) is 0 Å². The molecule has 14 heavy (non-hydrogen) atoms. The molecule has 2 unspecified atom stereocenters. The van der Waals surface area contributed by atoms with Gasteiger partial charge in [0.1, 0.15) is 0 Å². The molecule has 0 aliphatic heterocycles. The monoisotopic (exact) mass is 218 g/mol. The van der Waals surface area contributed by atoms with Gasteiger partial charge in [-0.25, -0.2) is 0 Å². The Labute approximate surface area is 97.3 Å². The molecule has 0 aromatic carbocycles. The van der Waals surface area contributed by atoms with Crippen LogP contribution in [0.4, 0.5) is 0 Å². The van der Waals surface area contributed by atoms with Gasteiger partial charge in [-0.15, -0.1) is 0 Å². The average Bonchev–Trinajstić information content (AvgIpc) is 2.16. The maximum Gasteiger partial charge on any atom is 0.215 e. The van der Waals surface area contributed by atoms with Gasteiger partial charge in [0, 0.05) is 0 Å². The van der Waals surface area contributed by atoms with Gasteiger partial charge in [-0.3, -0.25) is 4.79 Å². The third-order valence-electron chi connectivity index (χ3n) is 1.99. The zero-order valence-corrected chi connectivity index (χ0v) is 8.95. The molecule has 0 aliphatic rings. The summed E-state index contributed by atoms with van der Waals surface area (Å²) in [5.41, 5.74) is 0. The van der Waals surface area contributed by atoms with Crippen LogP contribution in [-0.4, -0.2) is 42.1 Å². The van der Waals surface area contributed by atoms with Crippen LogP contribution >= 0.6 is 0 Å². The summed E-state index contributed by atoms with van der Waals surface area (Å²) in [5.74, 6) is 0. The Hall–Kier alpha value is 0.122. The summed E-state index contributed by atoms with van der Waals surface area (Å²) >= 11 is 0. The minimum absolute atomic E-state index is 0. The second-order valence-corrected chi connectivity index (χ2v) is 3.21. The topological polar surface area (TPSA) is 35.5 Å². The van der Waals surface area contributed by atoms with E-state index in [1.54, 1.807) is 0 Å². The molecule has 0 radical (unpaired) electrons. The summed E-state index contributed by atoms with van der Waals surface area (Å²) < 4.78 is 10.7. The highest BCUT2D eigenvalue weighted by Crippen LogP contribution is 2.06. The van der Waals surface area contributed by atoms with Gasteiger partial charge < -0.3 is 9.47 Å². The predicted octanol–water partition coefficient (Wildman–Crippen LogP) is 0.958. The van der Waals surface area contributed by atoms with Crippen molar-refractivity contribution >= 4 is 23.6 Å². The van der Waals surface area contributed by atoms with Crippen molar-refractivity contribution in [3.05, 3.63) is 0 Å². The van der Waals surface area contributed by atoms with Crippen LogP contribution in [0.5, 0.6) is 0 Å². The quantitative estimate of drug-likeness (QED) is 0.363. The molecule has 84 valence electrons. The van der Waals surface area contributed by atoms with Gasteiger partial charge in [0.2, 0.25) is 6.29 Å². The fraction of sp³-hybridized carbons (Fsp3) is 0.900. The Balaban J connectivity index is 0. The molecule has 0 heterocycles. The molecule has 0 aromatic rings. The van der Waals surface area contributed by atoms with E-state index in [1.165, 1.54) is 0 Å². The van der Waals surface area contributed by atoms with Gasteiger partial charge in [-0.1, -0.05) is 13.8 Å². The van der Waals surface area contributed by atoms with E-state index in [-0.39, 0.29) is 29.6 Å². The van der Waals surface area contributed by atoms with Crippen LogP contribution in [0.15, 0.2) is 0 Å². The number of carbonyl (C=O) groups excluding carboxylic acids is 1. The second kappa shape index (κ2) is 9.67. The molecule has 0 saturated heterocycles. The highest BCUT2D eigenvalue weighted by Gasteiger charge is 2.14. The van der Waals surface area contributed by atoms with E-state index in [9.17, 15) is 4.79 Å². The second-order valence-electron chi connectivity index (χ2n) is 3.21. The maximum atomic E-state index is 10.6. The lowest BCUT2D eigenvalue weighted by Crippen LogP contribution is -2.27. The number of carbonyl (C=O) groups is 1. The van der Waals surface area contributed by atoms with E-state index >= 15 is 0 Å².